The van der Waals surface area contributed by atoms with Crippen LogP contribution in [0.15, 0.2) is 17.0 Å². The molecular weight excluding hydrogens is 563 g/mol. The number of imidazole rings is 1. The number of benzene rings is 1. The molecule has 1 aromatic carbocycles. The summed E-state index contributed by atoms with van der Waals surface area (Å²) in [6, 6.07) is 4.58. The number of fused-ring (bicyclic) bond motifs is 2. The summed E-state index contributed by atoms with van der Waals surface area (Å²) in [6.07, 6.45) is 2.07. The zero-order chi connectivity index (χ0) is 20.5. The third-order valence-corrected chi connectivity index (χ3v) is 9.76. The molecule has 0 unspecified atom stereocenters. The molecule has 1 aliphatic rings. The Bertz CT molecular complexity index is 1060. The molecule has 5 nitrogen and oxygen atoms in total. The van der Waals surface area contributed by atoms with Crippen LogP contribution in [0.3, 0.4) is 0 Å². The summed E-state index contributed by atoms with van der Waals surface area (Å²) in [4.78, 5) is 13.8. The van der Waals surface area contributed by atoms with Crippen molar-refractivity contribution < 1.29 is 4.39 Å². The van der Waals surface area contributed by atoms with Gasteiger partial charge in [-0.1, -0.05) is 0 Å². The van der Waals surface area contributed by atoms with Crippen LogP contribution in [-0.4, -0.2) is 41.0 Å². The van der Waals surface area contributed by atoms with Crippen LogP contribution in [0.5, 0.6) is 0 Å². The summed E-state index contributed by atoms with van der Waals surface area (Å²) in [5.41, 5.74) is 9.66. The number of nitrogens with zero attached hydrogens (tertiary/aromatic N) is 4. The number of anilines is 1. The Morgan fingerprint density at radius 2 is 2.14 bits per heavy atom. The molecular formula is C20H23AsFIN5S. The average Bonchev–Trinajstić information content (AvgIpc) is 3.23. The molecule has 4 rings (SSSR count). The van der Waals surface area contributed by atoms with E-state index in [1.165, 1.54) is 24.8 Å². The molecule has 3 heterocycles. The standard InChI is InChI=1S/C20H23AsFIN5S/c1-11(2)21-5-3-6-28-16(25-17-18(24)26-20(22)27-19(17)28)10-13-9-15-12(4-7-29-15)8-14(13)23/h8-9,11H,3-7,10H2,1-2H3,(H2,24,26,27). The second-order valence-corrected chi connectivity index (χ2v) is 13.6. The molecule has 0 aliphatic carbocycles. The minimum absolute atomic E-state index is 0.111. The van der Waals surface area contributed by atoms with Crippen LogP contribution in [0.1, 0.15) is 37.2 Å². The van der Waals surface area contributed by atoms with Gasteiger partial charge in [0.25, 0.3) is 0 Å². The van der Waals surface area contributed by atoms with Crippen molar-refractivity contribution in [2.45, 2.75) is 54.5 Å². The van der Waals surface area contributed by atoms with Gasteiger partial charge in [-0.15, -0.1) is 0 Å². The third-order valence-electron chi connectivity index (χ3n) is 4.91. The van der Waals surface area contributed by atoms with Crippen LogP contribution in [0.2, 0.25) is 9.91 Å². The van der Waals surface area contributed by atoms with Gasteiger partial charge in [0.15, 0.2) is 0 Å². The number of rotatable bonds is 7. The van der Waals surface area contributed by atoms with Crippen molar-refractivity contribution in [2.75, 3.05) is 11.5 Å². The summed E-state index contributed by atoms with van der Waals surface area (Å²) in [6.45, 7) is 5.32. The maximum atomic E-state index is 13.9. The Morgan fingerprint density at radius 3 is 2.93 bits per heavy atom. The normalized spacial score (nSPS) is 14.0. The SMILES string of the molecule is CC(C)[As]CCCn1c(Cc2cc3c(cc2I)CCS3)nc2c(N)nc(F)nc21. The van der Waals surface area contributed by atoms with Gasteiger partial charge in [0.2, 0.25) is 0 Å². The van der Waals surface area contributed by atoms with Gasteiger partial charge in [-0.3, -0.25) is 0 Å². The number of aromatic nitrogens is 4. The van der Waals surface area contributed by atoms with Gasteiger partial charge in [0.1, 0.15) is 0 Å². The van der Waals surface area contributed by atoms with E-state index in [0.29, 0.717) is 33.3 Å². The minimum atomic E-state index is -0.792. The quantitative estimate of drug-likeness (QED) is 0.188. The number of hydrogen-bond donors (Lipinski definition) is 1. The van der Waals surface area contributed by atoms with Crippen LogP contribution < -0.4 is 5.73 Å². The van der Waals surface area contributed by atoms with E-state index in [2.05, 4.69) is 58.5 Å². The Labute approximate surface area is 194 Å². The van der Waals surface area contributed by atoms with Crippen LogP contribution in [0.4, 0.5) is 10.2 Å². The maximum absolute atomic E-state index is 13.9. The van der Waals surface area contributed by atoms with Gasteiger partial charge >= 0.3 is 196 Å². The van der Waals surface area contributed by atoms with Crippen molar-refractivity contribution in [1.29, 1.82) is 0 Å². The van der Waals surface area contributed by atoms with E-state index < -0.39 is 6.08 Å². The predicted molar refractivity (Wildman–Crippen MR) is 126 cm³/mol. The molecule has 0 bridgehead atoms. The predicted octanol–water partition coefficient (Wildman–Crippen LogP) is 4.73. The fraction of sp³-hybridized carbons (Fsp3) is 0.450. The van der Waals surface area contributed by atoms with Gasteiger partial charge in [0, 0.05) is 0 Å². The monoisotopic (exact) mass is 586 g/mol. The molecule has 0 spiro atoms. The van der Waals surface area contributed by atoms with Gasteiger partial charge in [0.05, 0.1) is 0 Å². The molecule has 153 valence electrons. The number of nitrogen functional groups attached to an aromatic ring is 1. The first kappa shape index (κ1) is 21.4. The zero-order valence-electron chi connectivity index (χ0n) is 16.5. The van der Waals surface area contributed by atoms with E-state index in [1.807, 2.05) is 16.3 Å². The first-order chi connectivity index (χ1) is 13.9. The van der Waals surface area contributed by atoms with Crippen molar-refractivity contribution in [3.8, 4) is 0 Å². The number of hydrogen-bond acceptors (Lipinski definition) is 5. The second kappa shape index (κ2) is 9.10. The van der Waals surface area contributed by atoms with E-state index in [1.54, 1.807) is 0 Å². The van der Waals surface area contributed by atoms with Gasteiger partial charge < -0.3 is 0 Å². The van der Waals surface area contributed by atoms with E-state index in [-0.39, 0.29) is 5.82 Å². The molecule has 9 heteroatoms. The van der Waals surface area contributed by atoms with E-state index in [0.717, 1.165) is 35.7 Å². The zero-order valence-corrected chi connectivity index (χ0v) is 21.3. The Balaban J connectivity index is 1.69. The van der Waals surface area contributed by atoms with Crippen LogP contribution in [0, 0.1) is 9.65 Å². The Hall–Kier alpha value is -0.862. The second-order valence-electron chi connectivity index (χ2n) is 7.41. The van der Waals surface area contributed by atoms with Crippen LogP contribution in [0.25, 0.3) is 11.2 Å². The van der Waals surface area contributed by atoms with E-state index >= 15 is 0 Å². The molecule has 1 aliphatic heterocycles. The van der Waals surface area contributed by atoms with E-state index in [4.69, 9.17) is 10.7 Å². The van der Waals surface area contributed by atoms with Gasteiger partial charge in [-0.25, -0.2) is 0 Å². The molecule has 0 fully saturated rings. The van der Waals surface area contributed by atoms with Crippen molar-refractivity contribution in [3.05, 3.63) is 38.7 Å². The summed E-state index contributed by atoms with van der Waals surface area (Å²) in [7, 11) is 0. The molecule has 1 radical (unpaired) electrons. The molecule has 0 saturated heterocycles. The molecule has 29 heavy (non-hydrogen) atoms. The van der Waals surface area contributed by atoms with Crippen molar-refractivity contribution in [1.82, 2.24) is 19.5 Å². The topological polar surface area (TPSA) is 69.6 Å². The summed E-state index contributed by atoms with van der Waals surface area (Å²) in [5, 5.41) is 1.21. The molecule has 0 amide bonds. The summed E-state index contributed by atoms with van der Waals surface area (Å²) >= 11 is 4.66. The van der Waals surface area contributed by atoms with Crippen LogP contribution >= 0.6 is 34.4 Å². The first-order valence-electron chi connectivity index (χ1n) is 9.71. The fourth-order valence-corrected chi connectivity index (χ4v) is 7.13. The summed E-state index contributed by atoms with van der Waals surface area (Å²) < 4.78 is 17.9. The number of aryl methyl sites for hydroxylation is 2. The number of thioether (sulfide) groups is 1. The summed E-state index contributed by atoms with van der Waals surface area (Å²) in [5.74, 6) is 2.14. The van der Waals surface area contributed by atoms with Crippen LogP contribution in [-0.2, 0) is 19.4 Å². The fourth-order valence-electron chi connectivity index (χ4n) is 3.53. The van der Waals surface area contributed by atoms with E-state index in [9.17, 15) is 4.39 Å². The average molecular weight is 586 g/mol. The van der Waals surface area contributed by atoms with Crippen molar-refractivity contribution in [3.63, 3.8) is 0 Å². The van der Waals surface area contributed by atoms with Gasteiger partial charge in [-0.05, 0) is 0 Å². The molecule has 2 N–H and O–H groups in total. The van der Waals surface area contributed by atoms with Crippen molar-refractivity contribution in [2.24, 2.45) is 0 Å². The molecule has 3 aromatic rings. The molecule has 2 aromatic heterocycles. The number of halogens is 2. The Morgan fingerprint density at radius 1 is 1.31 bits per heavy atom. The van der Waals surface area contributed by atoms with Gasteiger partial charge in [-0.2, -0.15) is 0 Å². The first-order valence-corrected chi connectivity index (χ1v) is 14.2. The third kappa shape index (κ3) is 4.74. The van der Waals surface area contributed by atoms with Crippen molar-refractivity contribution >= 4 is 67.1 Å². The Kier molecular flexibility index (Phi) is 6.71. The molecule has 0 atom stereocenters. The molecule has 0 saturated carbocycles. The number of nitrogens with two attached hydrogens (primary N) is 1.